The summed E-state index contributed by atoms with van der Waals surface area (Å²) in [5, 5.41) is 4.18. The van der Waals surface area contributed by atoms with Gasteiger partial charge in [0.05, 0.1) is 17.0 Å². The van der Waals surface area contributed by atoms with Crippen LogP contribution in [0.2, 0.25) is 0 Å². The van der Waals surface area contributed by atoms with Gasteiger partial charge in [0.1, 0.15) is 0 Å². The molecule has 1 aromatic carbocycles. The summed E-state index contributed by atoms with van der Waals surface area (Å²) in [5.41, 5.74) is 5.97. The molecule has 0 radical (unpaired) electrons. The Hall–Kier alpha value is -2.90. The zero-order valence-electron chi connectivity index (χ0n) is 12.8. The highest BCUT2D eigenvalue weighted by Crippen LogP contribution is 2.36. The van der Waals surface area contributed by atoms with Crippen LogP contribution in [0.1, 0.15) is 27.3 Å². The predicted molar refractivity (Wildman–Crippen MR) is 81.4 cm³/mol. The van der Waals surface area contributed by atoms with Gasteiger partial charge in [-0.1, -0.05) is 18.2 Å². The van der Waals surface area contributed by atoms with E-state index in [-0.39, 0.29) is 17.0 Å². The minimum absolute atomic E-state index is 0.0550. The summed E-state index contributed by atoms with van der Waals surface area (Å²) in [6, 6.07) is 6.65. The predicted octanol–water partition coefficient (Wildman–Crippen LogP) is 3.13. The lowest BCUT2D eigenvalue weighted by Crippen LogP contribution is -2.17. The molecule has 3 aromatic rings. The van der Waals surface area contributed by atoms with Crippen LogP contribution in [0.5, 0.6) is 0 Å². The molecule has 0 spiro atoms. The van der Waals surface area contributed by atoms with Gasteiger partial charge in [0.2, 0.25) is 0 Å². The van der Waals surface area contributed by atoms with Crippen molar-refractivity contribution in [2.24, 2.45) is 5.73 Å². The Bertz CT molecular complexity index is 960. The third-order valence-corrected chi connectivity index (χ3v) is 3.68. The van der Waals surface area contributed by atoms with E-state index in [9.17, 15) is 18.0 Å². The second-order valence-corrected chi connectivity index (χ2v) is 5.40. The van der Waals surface area contributed by atoms with Crippen LogP contribution in [0.4, 0.5) is 13.2 Å². The van der Waals surface area contributed by atoms with E-state index in [1.807, 2.05) is 0 Å². The molecule has 0 atom stereocenters. The van der Waals surface area contributed by atoms with Gasteiger partial charge in [-0.15, -0.1) is 0 Å². The largest absolute Gasteiger partial charge is 0.417 e. The van der Waals surface area contributed by atoms with Gasteiger partial charge >= 0.3 is 6.18 Å². The van der Waals surface area contributed by atoms with Gasteiger partial charge in [0.25, 0.3) is 5.91 Å². The Balaban J connectivity index is 2.34. The molecule has 0 bridgehead atoms. The van der Waals surface area contributed by atoms with Crippen LogP contribution >= 0.6 is 0 Å². The summed E-state index contributed by atoms with van der Waals surface area (Å²) in [6.45, 7) is 3.28. The van der Waals surface area contributed by atoms with Gasteiger partial charge in [-0.2, -0.15) is 18.3 Å². The Morgan fingerprint density at radius 2 is 1.88 bits per heavy atom. The molecular weight excluding hydrogens is 321 g/mol. The number of aryl methyl sites for hydroxylation is 2. The molecule has 0 fully saturated rings. The van der Waals surface area contributed by atoms with Crippen molar-refractivity contribution in [3.8, 4) is 11.3 Å². The van der Waals surface area contributed by atoms with E-state index in [0.29, 0.717) is 16.9 Å². The number of primary amides is 1. The number of carbonyl (C=O) groups excluding carboxylic acids is 1. The summed E-state index contributed by atoms with van der Waals surface area (Å²) in [5.74, 6) is -0.742. The molecule has 24 heavy (non-hydrogen) atoms. The normalized spacial score (nSPS) is 11.9. The third kappa shape index (κ3) is 2.49. The summed E-state index contributed by atoms with van der Waals surface area (Å²) in [4.78, 5) is 15.8. The second-order valence-electron chi connectivity index (χ2n) is 5.40. The number of aromatic nitrogens is 3. The van der Waals surface area contributed by atoms with E-state index in [2.05, 4.69) is 10.1 Å². The van der Waals surface area contributed by atoms with Crippen LogP contribution in [-0.4, -0.2) is 20.5 Å². The highest BCUT2D eigenvalue weighted by Gasteiger charge is 2.34. The first-order chi connectivity index (χ1) is 11.2. The van der Waals surface area contributed by atoms with E-state index in [0.717, 1.165) is 6.07 Å². The molecule has 3 rings (SSSR count). The highest BCUT2D eigenvalue weighted by molar-refractivity contribution is 5.93. The number of alkyl halides is 3. The van der Waals surface area contributed by atoms with Gasteiger partial charge in [-0.25, -0.2) is 9.50 Å². The number of fused-ring (bicyclic) bond motifs is 1. The molecular formula is C16H13F3N4O. The summed E-state index contributed by atoms with van der Waals surface area (Å²) in [6.07, 6.45) is -4.52. The summed E-state index contributed by atoms with van der Waals surface area (Å²) >= 11 is 0. The molecule has 2 N–H and O–H groups in total. The number of halogens is 3. The lowest BCUT2D eigenvalue weighted by Gasteiger charge is -2.13. The monoisotopic (exact) mass is 334 g/mol. The second kappa shape index (κ2) is 5.33. The first-order valence-corrected chi connectivity index (χ1v) is 7.03. The first-order valence-electron chi connectivity index (χ1n) is 7.03. The van der Waals surface area contributed by atoms with E-state index >= 15 is 0 Å². The van der Waals surface area contributed by atoms with Crippen LogP contribution in [0.3, 0.4) is 0 Å². The van der Waals surface area contributed by atoms with Crippen molar-refractivity contribution in [3.63, 3.8) is 0 Å². The van der Waals surface area contributed by atoms with Gasteiger partial charge in [0, 0.05) is 5.56 Å². The van der Waals surface area contributed by atoms with Crippen LogP contribution in [0.25, 0.3) is 16.9 Å². The van der Waals surface area contributed by atoms with Gasteiger partial charge in [0.15, 0.2) is 11.3 Å². The standard InChI is InChI=1S/C16H13F3N4O/c1-8-7-12(10-5-3-4-6-11(10)16(17,18)19)22-23-13(14(20)24)9(2)21-15(8)23/h3-7H,1-2H3,(H2,20,24). The van der Waals surface area contributed by atoms with Gasteiger partial charge in [-0.3, -0.25) is 4.79 Å². The Morgan fingerprint density at radius 3 is 2.50 bits per heavy atom. The van der Waals surface area contributed by atoms with E-state index < -0.39 is 17.6 Å². The molecule has 124 valence electrons. The number of hydrogen-bond donors (Lipinski definition) is 1. The van der Waals surface area contributed by atoms with Gasteiger partial charge in [-0.05, 0) is 31.5 Å². The van der Waals surface area contributed by atoms with Crippen LogP contribution in [-0.2, 0) is 6.18 Å². The van der Waals surface area contributed by atoms with Crippen molar-refractivity contribution in [2.45, 2.75) is 20.0 Å². The van der Waals surface area contributed by atoms with Gasteiger partial charge < -0.3 is 5.73 Å². The molecule has 0 unspecified atom stereocenters. The minimum Gasteiger partial charge on any atom is -0.364 e. The Kier molecular flexibility index (Phi) is 3.55. The SMILES string of the molecule is Cc1nc2c(C)cc(-c3ccccc3C(F)(F)F)nn2c1C(N)=O. The molecule has 5 nitrogen and oxygen atoms in total. The van der Waals surface area contributed by atoms with E-state index in [1.54, 1.807) is 13.8 Å². The maximum Gasteiger partial charge on any atom is 0.417 e. The van der Waals surface area contributed by atoms with Crippen molar-refractivity contribution in [3.05, 3.63) is 52.8 Å². The number of benzene rings is 1. The zero-order chi connectivity index (χ0) is 17.6. The average molecular weight is 334 g/mol. The van der Waals surface area contributed by atoms with E-state index in [4.69, 9.17) is 5.73 Å². The molecule has 0 saturated carbocycles. The van der Waals surface area contributed by atoms with E-state index in [1.165, 1.54) is 28.8 Å². The summed E-state index contributed by atoms with van der Waals surface area (Å²) < 4.78 is 40.9. The number of nitrogens with two attached hydrogens (primary N) is 1. The number of rotatable bonds is 2. The molecule has 1 amide bonds. The highest BCUT2D eigenvalue weighted by atomic mass is 19.4. The first kappa shape index (κ1) is 16.0. The van der Waals surface area contributed by atoms with Crippen LogP contribution in [0, 0.1) is 13.8 Å². The van der Waals surface area contributed by atoms with Crippen molar-refractivity contribution in [2.75, 3.05) is 0 Å². The fourth-order valence-electron chi connectivity index (χ4n) is 2.65. The van der Waals surface area contributed by atoms with Crippen LogP contribution in [0.15, 0.2) is 30.3 Å². The van der Waals surface area contributed by atoms with Crippen molar-refractivity contribution in [1.82, 2.24) is 14.6 Å². The molecule has 2 aromatic heterocycles. The lowest BCUT2D eigenvalue weighted by molar-refractivity contribution is -0.137. The molecule has 0 aliphatic rings. The lowest BCUT2D eigenvalue weighted by atomic mass is 10.0. The average Bonchev–Trinajstić information content (AvgIpc) is 2.83. The maximum absolute atomic E-state index is 13.2. The molecule has 2 heterocycles. The number of amides is 1. The molecule has 0 aliphatic heterocycles. The number of nitrogens with zero attached hydrogens (tertiary/aromatic N) is 3. The van der Waals surface area contributed by atoms with Crippen molar-refractivity contribution < 1.29 is 18.0 Å². The van der Waals surface area contributed by atoms with Crippen molar-refractivity contribution in [1.29, 1.82) is 0 Å². The van der Waals surface area contributed by atoms with Crippen molar-refractivity contribution >= 4 is 11.6 Å². The number of carbonyl (C=O) groups is 1. The Morgan fingerprint density at radius 1 is 1.21 bits per heavy atom. The number of hydrogen-bond acceptors (Lipinski definition) is 3. The fraction of sp³-hybridized carbons (Fsp3) is 0.188. The minimum atomic E-state index is -4.52. The summed E-state index contributed by atoms with van der Waals surface area (Å²) in [7, 11) is 0. The van der Waals surface area contributed by atoms with Crippen LogP contribution < -0.4 is 5.73 Å². The molecule has 0 saturated heterocycles. The zero-order valence-corrected chi connectivity index (χ0v) is 12.8. The third-order valence-electron chi connectivity index (χ3n) is 3.68. The fourth-order valence-corrected chi connectivity index (χ4v) is 2.65. The quantitative estimate of drug-likeness (QED) is 0.782. The molecule has 8 heteroatoms. The number of imidazole rings is 1. The topological polar surface area (TPSA) is 73.3 Å². The smallest absolute Gasteiger partial charge is 0.364 e. The molecule has 0 aliphatic carbocycles. The maximum atomic E-state index is 13.2. The Labute approximate surface area is 134 Å².